The molecule has 0 aliphatic heterocycles. The van der Waals surface area contributed by atoms with Gasteiger partial charge in [0.05, 0.1) is 13.7 Å². The van der Waals surface area contributed by atoms with Crippen LogP contribution < -0.4 is 14.8 Å². The van der Waals surface area contributed by atoms with Crippen LogP contribution in [0.4, 0.5) is 5.00 Å². The first-order valence-electron chi connectivity index (χ1n) is 8.37. The molecule has 0 saturated carbocycles. The highest BCUT2D eigenvalue weighted by molar-refractivity contribution is 7.23. The Morgan fingerprint density at radius 1 is 1.04 bits per heavy atom. The molecule has 0 fully saturated rings. The maximum absolute atomic E-state index is 12.4. The van der Waals surface area contributed by atoms with Crippen molar-refractivity contribution in [2.75, 3.05) is 25.6 Å². The van der Waals surface area contributed by atoms with Crippen molar-refractivity contribution in [2.45, 2.75) is 6.92 Å². The molecule has 3 rings (SSSR count). The number of thiophene rings is 1. The minimum absolute atomic E-state index is 0.178. The highest BCUT2D eigenvalue weighted by Gasteiger charge is 2.21. The number of rotatable bonds is 7. The third-order valence-electron chi connectivity index (χ3n) is 3.76. The molecule has 140 valence electrons. The van der Waals surface area contributed by atoms with Crippen molar-refractivity contribution < 1.29 is 23.8 Å². The first-order valence-corrected chi connectivity index (χ1v) is 9.19. The summed E-state index contributed by atoms with van der Waals surface area (Å²) in [6.07, 6.45) is 0. The van der Waals surface area contributed by atoms with Gasteiger partial charge in [-0.25, -0.2) is 4.79 Å². The number of esters is 1. The van der Waals surface area contributed by atoms with Gasteiger partial charge in [-0.15, -0.1) is 11.3 Å². The van der Waals surface area contributed by atoms with Crippen molar-refractivity contribution in [2.24, 2.45) is 0 Å². The van der Waals surface area contributed by atoms with E-state index in [1.165, 1.54) is 11.3 Å². The molecule has 3 aromatic rings. The molecule has 27 heavy (non-hydrogen) atoms. The van der Waals surface area contributed by atoms with Crippen molar-refractivity contribution >= 4 is 38.3 Å². The lowest BCUT2D eigenvalue weighted by molar-refractivity contribution is -0.118. The van der Waals surface area contributed by atoms with Gasteiger partial charge in [-0.2, -0.15) is 0 Å². The second-order valence-electron chi connectivity index (χ2n) is 5.54. The third-order valence-corrected chi connectivity index (χ3v) is 4.84. The van der Waals surface area contributed by atoms with Gasteiger partial charge in [0.1, 0.15) is 22.1 Å². The molecule has 2 aromatic carbocycles. The minimum Gasteiger partial charge on any atom is -0.497 e. The van der Waals surface area contributed by atoms with E-state index < -0.39 is 5.97 Å². The Labute approximate surface area is 160 Å². The summed E-state index contributed by atoms with van der Waals surface area (Å²) in [5, 5.41) is 3.97. The quantitative estimate of drug-likeness (QED) is 0.620. The number of carbonyl (C=O) groups excluding carboxylic acids is 2. The molecule has 0 saturated heterocycles. The predicted octanol–water partition coefficient (Wildman–Crippen LogP) is 4.10. The zero-order valence-corrected chi connectivity index (χ0v) is 15.8. The van der Waals surface area contributed by atoms with Crippen LogP contribution in [0, 0.1) is 0 Å². The van der Waals surface area contributed by atoms with E-state index >= 15 is 0 Å². The van der Waals surface area contributed by atoms with Crippen molar-refractivity contribution in [1.82, 2.24) is 0 Å². The van der Waals surface area contributed by atoms with E-state index in [2.05, 4.69) is 5.32 Å². The van der Waals surface area contributed by atoms with Gasteiger partial charge < -0.3 is 19.5 Å². The number of methoxy groups -OCH3 is 1. The van der Waals surface area contributed by atoms with Crippen molar-refractivity contribution in [3.63, 3.8) is 0 Å². The summed E-state index contributed by atoms with van der Waals surface area (Å²) < 4.78 is 16.6. The molecule has 0 atom stereocenters. The van der Waals surface area contributed by atoms with Gasteiger partial charge in [-0.05, 0) is 37.3 Å². The van der Waals surface area contributed by atoms with Crippen molar-refractivity contribution in [3.8, 4) is 11.5 Å². The maximum Gasteiger partial charge on any atom is 0.341 e. The van der Waals surface area contributed by atoms with Crippen LogP contribution >= 0.6 is 11.3 Å². The molecule has 0 radical (unpaired) electrons. The van der Waals surface area contributed by atoms with Crippen LogP contribution in [0.3, 0.4) is 0 Å². The summed E-state index contributed by atoms with van der Waals surface area (Å²) in [7, 11) is 1.58. The Balaban J connectivity index is 1.73. The molecule has 6 nitrogen and oxygen atoms in total. The van der Waals surface area contributed by atoms with E-state index in [1.54, 1.807) is 38.3 Å². The molecule has 0 aliphatic rings. The van der Waals surface area contributed by atoms with Crippen molar-refractivity contribution in [1.29, 1.82) is 0 Å². The fourth-order valence-electron chi connectivity index (χ4n) is 2.52. The van der Waals surface area contributed by atoms with Crippen LogP contribution in [-0.4, -0.2) is 32.2 Å². The van der Waals surface area contributed by atoms with Crippen LogP contribution in [-0.2, 0) is 9.53 Å². The summed E-state index contributed by atoms with van der Waals surface area (Å²) in [6.45, 7) is 1.83. The zero-order valence-electron chi connectivity index (χ0n) is 15.0. The molecule has 0 unspecified atom stereocenters. The lowest BCUT2D eigenvalue weighted by atomic mass is 10.1. The number of nitrogens with one attached hydrogen (secondary N) is 1. The number of hydrogen-bond donors (Lipinski definition) is 1. The average molecular weight is 385 g/mol. The summed E-state index contributed by atoms with van der Waals surface area (Å²) in [4.78, 5) is 24.7. The molecule has 1 heterocycles. The lowest BCUT2D eigenvalue weighted by Crippen LogP contribution is -2.21. The molecular formula is C20H19NO5S. The lowest BCUT2D eigenvalue weighted by Gasteiger charge is -2.08. The normalized spacial score (nSPS) is 10.4. The summed E-state index contributed by atoms with van der Waals surface area (Å²) in [5.74, 6) is 0.438. The molecule has 0 bridgehead atoms. The molecule has 0 aliphatic carbocycles. The van der Waals surface area contributed by atoms with Crippen LogP contribution in [0.15, 0.2) is 48.5 Å². The first-order chi connectivity index (χ1) is 13.1. The Bertz CT molecular complexity index is 949. The maximum atomic E-state index is 12.4. The van der Waals surface area contributed by atoms with Gasteiger partial charge in [-0.3, -0.25) is 4.79 Å². The number of carbonyl (C=O) groups is 2. The number of anilines is 1. The Morgan fingerprint density at radius 2 is 1.74 bits per heavy atom. The monoisotopic (exact) mass is 385 g/mol. The number of ether oxygens (including phenoxy) is 3. The topological polar surface area (TPSA) is 73.9 Å². The largest absolute Gasteiger partial charge is 0.497 e. The van der Waals surface area contributed by atoms with E-state index in [0.717, 1.165) is 10.1 Å². The van der Waals surface area contributed by atoms with Gasteiger partial charge in [0.15, 0.2) is 6.61 Å². The van der Waals surface area contributed by atoms with Gasteiger partial charge in [0.25, 0.3) is 5.91 Å². The number of benzene rings is 2. The van der Waals surface area contributed by atoms with E-state index in [4.69, 9.17) is 14.2 Å². The fraction of sp³-hybridized carbons (Fsp3) is 0.200. The number of amides is 1. The first kappa shape index (κ1) is 18.7. The molecule has 7 heteroatoms. The average Bonchev–Trinajstić information content (AvgIpc) is 3.04. The third kappa shape index (κ3) is 4.38. The van der Waals surface area contributed by atoms with Crippen LogP contribution in [0.2, 0.25) is 0 Å². The van der Waals surface area contributed by atoms with Crippen molar-refractivity contribution in [3.05, 3.63) is 54.1 Å². The Kier molecular flexibility index (Phi) is 5.93. The molecule has 1 aromatic heterocycles. The van der Waals surface area contributed by atoms with E-state index in [9.17, 15) is 9.59 Å². The number of hydrogen-bond acceptors (Lipinski definition) is 6. The fourth-order valence-corrected chi connectivity index (χ4v) is 3.63. The van der Waals surface area contributed by atoms with Gasteiger partial charge in [0.2, 0.25) is 0 Å². The second kappa shape index (κ2) is 8.55. The highest BCUT2D eigenvalue weighted by Crippen LogP contribution is 2.36. The van der Waals surface area contributed by atoms with Gasteiger partial charge >= 0.3 is 5.97 Å². The van der Waals surface area contributed by atoms with Gasteiger partial charge in [-0.1, -0.05) is 18.2 Å². The molecule has 1 N–H and O–H groups in total. The minimum atomic E-state index is -0.457. The zero-order chi connectivity index (χ0) is 19.2. The molecular weight excluding hydrogens is 366 g/mol. The molecule has 1 amide bonds. The summed E-state index contributed by atoms with van der Waals surface area (Å²) >= 11 is 1.33. The van der Waals surface area contributed by atoms with Crippen LogP contribution in [0.1, 0.15) is 17.3 Å². The molecule has 0 spiro atoms. The highest BCUT2D eigenvalue weighted by atomic mass is 32.1. The van der Waals surface area contributed by atoms with E-state index in [0.29, 0.717) is 22.1 Å². The summed E-state index contributed by atoms with van der Waals surface area (Å²) in [5.41, 5.74) is 0.371. The van der Waals surface area contributed by atoms with E-state index in [1.807, 2.05) is 24.3 Å². The van der Waals surface area contributed by atoms with Crippen LogP contribution in [0.5, 0.6) is 11.5 Å². The standard InChI is InChI=1S/C20H19NO5S/c1-3-25-20(23)18-15-6-4-5-7-16(15)27-19(18)21-17(22)12-26-14-10-8-13(24-2)9-11-14/h4-11H,3,12H2,1-2H3,(H,21,22). The SMILES string of the molecule is CCOC(=O)c1c(NC(=O)COc2ccc(OC)cc2)sc2ccccc12. The Hall–Kier alpha value is -3.06. The smallest absolute Gasteiger partial charge is 0.341 e. The Morgan fingerprint density at radius 3 is 2.44 bits per heavy atom. The number of fused-ring (bicyclic) bond motifs is 1. The van der Waals surface area contributed by atoms with Gasteiger partial charge in [0, 0.05) is 10.1 Å². The van der Waals surface area contributed by atoms with E-state index in [-0.39, 0.29) is 19.1 Å². The summed E-state index contributed by atoms with van der Waals surface area (Å²) in [6, 6.07) is 14.4. The van der Waals surface area contributed by atoms with Crippen LogP contribution in [0.25, 0.3) is 10.1 Å². The second-order valence-corrected chi connectivity index (χ2v) is 6.59. The predicted molar refractivity (Wildman–Crippen MR) is 105 cm³/mol.